The molecule has 0 spiro atoms. The van der Waals surface area contributed by atoms with Crippen LogP contribution in [0.4, 0.5) is 0 Å². The molecule has 4 aromatic rings. The Morgan fingerprint density at radius 3 is 2.89 bits per heavy atom. The molecule has 4 rings (SSSR count). The molecule has 0 aliphatic heterocycles. The highest BCUT2D eigenvalue weighted by Gasteiger charge is 2.16. The number of carbonyl (C=O) groups excluding carboxylic acids is 1. The van der Waals surface area contributed by atoms with Gasteiger partial charge in [-0.15, -0.1) is 11.3 Å². The van der Waals surface area contributed by atoms with E-state index in [0.29, 0.717) is 18.5 Å². The molecule has 8 heteroatoms. The van der Waals surface area contributed by atoms with E-state index in [-0.39, 0.29) is 18.0 Å². The van der Waals surface area contributed by atoms with Crippen LogP contribution in [0.2, 0.25) is 0 Å². The maximum absolute atomic E-state index is 12.9. The van der Waals surface area contributed by atoms with Gasteiger partial charge in [-0.25, -0.2) is 4.68 Å². The number of fused-ring (bicyclic) bond motifs is 3. The minimum absolute atomic E-state index is 0.111. The highest BCUT2D eigenvalue weighted by molar-refractivity contribution is 7.19. The topological polar surface area (TPSA) is 81.3 Å². The van der Waals surface area contributed by atoms with Crippen molar-refractivity contribution in [1.29, 1.82) is 0 Å². The maximum atomic E-state index is 12.9. The summed E-state index contributed by atoms with van der Waals surface area (Å²) in [5.41, 5.74) is 2.20. The van der Waals surface area contributed by atoms with Gasteiger partial charge < -0.3 is 5.32 Å². The molecule has 1 amide bonds. The zero-order chi connectivity index (χ0) is 19.0. The lowest BCUT2D eigenvalue weighted by Gasteiger charge is -2.10. The van der Waals surface area contributed by atoms with Gasteiger partial charge in [-0.3, -0.25) is 19.0 Å². The summed E-state index contributed by atoms with van der Waals surface area (Å²) in [5, 5.41) is 7.25. The van der Waals surface area contributed by atoms with Crippen LogP contribution < -0.4 is 10.9 Å². The second-order valence-electron chi connectivity index (χ2n) is 6.34. The predicted molar refractivity (Wildman–Crippen MR) is 105 cm³/mol. The van der Waals surface area contributed by atoms with Gasteiger partial charge in [0.1, 0.15) is 17.9 Å². The average molecular weight is 381 g/mol. The van der Waals surface area contributed by atoms with E-state index in [0.717, 1.165) is 21.6 Å². The zero-order valence-corrected chi connectivity index (χ0v) is 15.9. The molecule has 0 aliphatic carbocycles. The molecule has 0 saturated carbocycles. The Labute approximate surface area is 159 Å². The number of hydrogen-bond donors (Lipinski definition) is 1. The number of pyridine rings is 1. The van der Waals surface area contributed by atoms with Crippen LogP contribution in [0.5, 0.6) is 0 Å². The van der Waals surface area contributed by atoms with Crippen molar-refractivity contribution in [3.8, 4) is 0 Å². The van der Waals surface area contributed by atoms with Crippen molar-refractivity contribution in [2.75, 3.05) is 0 Å². The number of amides is 1. The van der Waals surface area contributed by atoms with Crippen LogP contribution in [-0.4, -0.2) is 25.1 Å². The van der Waals surface area contributed by atoms with E-state index >= 15 is 0 Å². The summed E-state index contributed by atoms with van der Waals surface area (Å²) in [4.78, 5) is 30.4. The van der Waals surface area contributed by atoms with Crippen LogP contribution in [-0.2, 0) is 24.3 Å². The number of thiophene rings is 1. The van der Waals surface area contributed by atoms with Gasteiger partial charge in [0.2, 0.25) is 5.91 Å². The number of carbonyl (C=O) groups is 1. The number of nitrogens with one attached hydrogen (secondary N) is 1. The van der Waals surface area contributed by atoms with Crippen LogP contribution in [0.3, 0.4) is 0 Å². The van der Waals surface area contributed by atoms with Crippen LogP contribution in [0.25, 0.3) is 15.7 Å². The first kappa shape index (κ1) is 17.4. The van der Waals surface area contributed by atoms with Crippen molar-refractivity contribution in [2.45, 2.75) is 33.4 Å². The lowest BCUT2D eigenvalue weighted by molar-refractivity contribution is -0.122. The van der Waals surface area contributed by atoms with E-state index in [9.17, 15) is 9.59 Å². The Morgan fingerprint density at radius 2 is 2.15 bits per heavy atom. The Bertz CT molecular complexity index is 1190. The Hall–Kier alpha value is -3.00. The molecule has 0 aliphatic rings. The first-order valence-corrected chi connectivity index (χ1v) is 9.55. The molecule has 4 heterocycles. The largest absolute Gasteiger partial charge is 0.350 e. The van der Waals surface area contributed by atoms with E-state index in [1.54, 1.807) is 23.7 Å². The van der Waals surface area contributed by atoms with E-state index in [1.165, 1.54) is 9.56 Å². The summed E-state index contributed by atoms with van der Waals surface area (Å²) < 4.78 is 4.22. The van der Waals surface area contributed by atoms with Crippen LogP contribution in [0, 0.1) is 6.92 Å². The quantitative estimate of drug-likeness (QED) is 0.575. The summed E-state index contributed by atoms with van der Waals surface area (Å²) in [6.45, 7) is 4.29. The van der Waals surface area contributed by atoms with Gasteiger partial charge in [0.15, 0.2) is 0 Å². The number of hydrogen-bond acceptors (Lipinski definition) is 5. The molecule has 27 heavy (non-hydrogen) atoms. The molecule has 0 unspecified atom stereocenters. The smallest absolute Gasteiger partial charge is 0.291 e. The second kappa shape index (κ2) is 6.96. The first-order valence-electron chi connectivity index (χ1n) is 8.74. The third kappa shape index (κ3) is 3.23. The van der Waals surface area contributed by atoms with Gasteiger partial charge >= 0.3 is 0 Å². The SMILES string of the molecule is CCc1nn(CC(=O)NCc2cccnc2)c(=O)c2cc3sc(C)cc3n12. The molecule has 4 aromatic heterocycles. The fraction of sp³-hybridized carbons (Fsp3) is 0.263. The monoisotopic (exact) mass is 381 g/mol. The molecule has 0 saturated heterocycles. The van der Waals surface area contributed by atoms with E-state index in [4.69, 9.17) is 0 Å². The van der Waals surface area contributed by atoms with Crippen LogP contribution >= 0.6 is 11.3 Å². The molecule has 1 N–H and O–H groups in total. The fourth-order valence-electron chi connectivity index (χ4n) is 3.14. The third-order valence-corrected chi connectivity index (χ3v) is 5.37. The van der Waals surface area contributed by atoms with Gasteiger partial charge in [0.05, 0.1) is 10.2 Å². The van der Waals surface area contributed by atoms with E-state index in [1.807, 2.05) is 36.4 Å². The highest BCUT2D eigenvalue weighted by Crippen LogP contribution is 2.28. The van der Waals surface area contributed by atoms with Crippen molar-refractivity contribution in [1.82, 2.24) is 24.5 Å². The molecule has 0 radical (unpaired) electrons. The van der Waals surface area contributed by atoms with Gasteiger partial charge in [-0.2, -0.15) is 5.10 Å². The molecule has 7 nitrogen and oxygen atoms in total. The lowest BCUT2D eigenvalue weighted by Crippen LogP contribution is -2.35. The Kier molecular flexibility index (Phi) is 4.49. The number of aromatic nitrogens is 4. The minimum atomic E-state index is -0.260. The van der Waals surface area contributed by atoms with Crippen molar-refractivity contribution in [3.05, 3.63) is 63.3 Å². The number of aryl methyl sites for hydroxylation is 2. The average Bonchev–Trinajstić information content (AvgIpc) is 3.19. The minimum Gasteiger partial charge on any atom is -0.350 e. The molecule has 0 atom stereocenters. The zero-order valence-electron chi connectivity index (χ0n) is 15.1. The standard InChI is InChI=1S/C19H19N5O2S/c1-3-17-22-23(11-18(25)21-10-13-5-4-6-20-9-13)19(26)15-8-16-14(24(15)17)7-12(2)27-16/h4-9H,3,10-11H2,1-2H3,(H,21,25). The third-order valence-electron chi connectivity index (χ3n) is 4.38. The van der Waals surface area contributed by atoms with Gasteiger partial charge in [-0.1, -0.05) is 13.0 Å². The van der Waals surface area contributed by atoms with E-state index in [2.05, 4.69) is 21.5 Å². The van der Waals surface area contributed by atoms with Crippen LogP contribution in [0.1, 0.15) is 23.2 Å². The molecule has 0 fully saturated rings. The highest BCUT2D eigenvalue weighted by atomic mass is 32.1. The summed E-state index contributed by atoms with van der Waals surface area (Å²) in [7, 11) is 0. The molecule has 0 aromatic carbocycles. The summed E-state index contributed by atoms with van der Waals surface area (Å²) in [5.74, 6) is 0.501. The normalized spacial score (nSPS) is 11.3. The summed E-state index contributed by atoms with van der Waals surface area (Å²) >= 11 is 1.65. The maximum Gasteiger partial charge on any atom is 0.291 e. The van der Waals surface area contributed by atoms with Crippen molar-refractivity contribution < 1.29 is 4.79 Å². The van der Waals surface area contributed by atoms with Crippen LogP contribution in [0.15, 0.2) is 41.5 Å². The van der Waals surface area contributed by atoms with Crippen molar-refractivity contribution in [3.63, 3.8) is 0 Å². The van der Waals surface area contributed by atoms with Gasteiger partial charge in [0, 0.05) is 30.2 Å². The summed E-state index contributed by atoms with van der Waals surface area (Å²) in [6.07, 6.45) is 4.04. The molecule has 0 bridgehead atoms. The summed E-state index contributed by atoms with van der Waals surface area (Å²) in [6, 6.07) is 7.65. The molecular weight excluding hydrogens is 362 g/mol. The Balaban J connectivity index is 1.64. The predicted octanol–water partition coefficient (Wildman–Crippen LogP) is 2.29. The van der Waals surface area contributed by atoms with Crippen molar-refractivity contribution >= 4 is 33.0 Å². The lowest BCUT2D eigenvalue weighted by atomic mass is 10.3. The van der Waals surface area contributed by atoms with Gasteiger partial charge in [0.25, 0.3) is 5.56 Å². The van der Waals surface area contributed by atoms with E-state index < -0.39 is 0 Å². The Morgan fingerprint density at radius 1 is 1.30 bits per heavy atom. The number of rotatable bonds is 5. The molecule has 138 valence electrons. The van der Waals surface area contributed by atoms with Gasteiger partial charge in [-0.05, 0) is 30.7 Å². The second-order valence-corrected chi connectivity index (χ2v) is 7.63. The van der Waals surface area contributed by atoms with Crippen molar-refractivity contribution in [2.24, 2.45) is 0 Å². The fourth-order valence-corrected chi connectivity index (χ4v) is 4.09. The molecular formula is C19H19N5O2S. The number of nitrogens with zero attached hydrogens (tertiary/aromatic N) is 4. The first-order chi connectivity index (χ1) is 13.1.